The molecule has 0 unspecified atom stereocenters. The van der Waals surface area contributed by atoms with E-state index in [-0.39, 0.29) is 0 Å². The predicted octanol–water partition coefficient (Wildman–Crippen LogP) is 3.58. The van der Waals surface area contributed by atoms with Crippen LogP contribution in [0.15, 0.2) is 43.0 Å². The van der Waals surface area contributed by atoms with Gasteiger partial charge in [-0.05, 0) is 17.7 Å². The van der Waals surface area contributed by atoms with Crippen LogP contribution in [0.5, 0.6) is 0 Å². The van der Waals surface area contributed by atoms with Crippen molar-refractivity contribution in [2.24, 2.45) is 7.05 Å². The summed E-state index contributed by atoms with van der Waals surface area (Å²) in [5.41, 5.74) is 1.51. The zero-order valence-corrected chi connectivity index (χ0v) is 12.7. The van der Waals surface area contributed by atoms with Crippen LogP contribution in [0.4, 0.5) is 13.2 Å². The van der Waals surface area contributed by atoms with E-state index in [2.05, 4.69) is 10.2 Å². The molecule has 0 spiro atoms. The Hall–Kier alpha value is -2.57. The lowest BCUT2D eigenvalue weighted by molar-refractivity contribution is 0.0138. The lowest BCUT2D eigenvalue weighted by Gasteiger charge is -2.12. The second-order valence-corrected chi connectivity index (χ2v) is 5.53. The molecule has 7 heteroatoms. The van der Waals surface area contributed by atoms with E-state index < -0.39 is 17.3 Å². The lowest BCUT2D eigenvalue weighted by atomic mass is 10.0. The monoisotopic (exact) mass is 320 g/mol. The third-order valence-corrected chi connectivity index (χ3v) is 3.51. The quantitative estimate of drug-likeness (QED) is 0.736. The highest BCUT2D eigenvalue weighted by Crippen LogP contribution is 2.32. The zero-order valence-electron chi connectivity index (χ0n) is 12.7. The molecule has 0 atom stereocenters. The molecule has 1 aromatic carbocycles. The topological polar surface area (TPSA) is 35.6 Å². The van der Waals surface area contributed by atoms with Gasteiger partial charge in [0.15, 0.2) is 0 Å². The molecule has 0 aliphatic carbocycles. The van der Waals surface area contributed by atoms with Crippen LogP contribution in [0.1, 0.15) is 18.1 Å². The Bertz CT molecular complexity index is 830. The Balaban J connectivity index is 1.88. The van der Waals surface area contributed by atoms with Crippen LogP contribution in [0, 0.1) is 5.82 Å². The number of hydrogen-bond donors (Lipinski definition) is 0. The molecule has 0 radical (unpaired) electrons. The number of aryl methyl sites for hydroxylation is 1. The first-order chi connectivity index (χ1) is 10.8. The summed E-state index contributed by atoms with van der Waals surface area (Å²) in [6.07, 6.45) is 6.91. The minimum Gasteiger partial charge on any atom is -0.275 e. The van der Waals surface area contributed by atoms with E-state index in [1.165, 1.54) is 12.1 Å². The Labute approximate surface area is 131 Å². The highest BCUT2D eigenvalue weighted by atomic mass is 19.3. The van der Waals surface area contributed by atoms with E-state index in [9.17, 15) is 13.2 Å². The fourth-order valence-electron chi connectivity index (χ4n) is 2.38. The Morgan fingerprint density at radius 2 is 1.87 bits per heavy atom. The van der Waals surface area contributed by atoms with Gasteiger partial charge in [-0.2, -0.15) is 10.2 Å². The number of benzene rings is 1. The normalized spacial score (nSPS) is 11.9. The van der Waals surface area contributed by atoms with Gasteiger partial charge in [0.05, 0.1) is 24.5 Å². The fraction of sp³-hybridized carbons (Fsp3) is 0.250. The average Bonchev–Trinajstić information content (AvgIpc) is 3.08. The summed E-state index contributed by atoms with van der Waals surface area (Å²) in [6.45, 7) is 1.20. The zero-order chi connectivity index (χ0) is 16.6. The molecule has 0 aliphatic rings. The number of nitrogens with zero attached hydrogens (tertiary/aromatic N) is 4. The van der Waals surface area contributed by atoms with Gasteiger partial charge in [0, 0.05) is 37.5 Å². The number of rotatable bonds is 4. The number of hydrogen-bond acceptors (Lipinski definition) is 2. The molecular formula is C16H15F3N4. The van der Waals surface area contributed by atoms with Gasteiger partial charge in [-0.3, -0.25) is 9.36 Å². The molecule has 2 heterocycles. The van der Waals surface area contributed by atoms with Crippen molar-refractivity contribution < 1.29 is 13.2 Å². The van der Waals surface area contributed by atoms with E-state index in [0.717, 1.165) is 11.6 Å². The third kappa shape index (κ3) is 3.28. The molecule has 0 fully saturated rings. The molecule has 0 aliphatic heterocycles. The van der Waals surface area contributed by atoms with Crippen LogP contribution >= 0.6 is 0 Å². The molecule has 0 amide bonds. The van der Waals surface area contributed by atoms with E-state index >= 15 is 0 Å². The maximum Gasteiger partial charge on any atom is 0.273 e. The van der Waals surface area contributed by atoms with Crippen molar-refractivity contribution in [3.8, 4) is 11.1 Å². The number of halogens is 3. The van der Waals surface area contributed by atoms with Crippen LogP contribution in [0.3, 0.4) is 0 Å². The average molecular weight is 320 g/mol. The molecule has 2 aromatic heterocycles. The van der Waals surface area contributed by atoms with Gasteiger partial charge in [0.1, 0.15) is 5.82 Å². The molecule has 0 N–H and O–H groups in total. The first kappa shape index (κ1) is 15.3. The second-order valence-electron chi connectivity index (χ2n) is 5.53. The predicted molar refractivity (Wildman–Crippen MR) is 79.5 cm³/mol. The van der Waals surface area contributed by atoms with Crippen molar-refractivity contribution >= 4 is 0 Å². The Morgan fingerprint density at radius 1 is 1.09 bits per heavy atom. The van der Waals surface area contributed by atoms with Gasteiger partial charge in [-0.15, -0.1) is 0 Å². The number of alkyl halides is 2. The van der Waals surface area contributed by atoms with Crippen molar-refractivity contribution in [3.63, 3.8) is 0 Å². The van der Waals surface area contributed by atoms with Crippen LogP contribution in [0.2, 0.25) is 0 Å². The molecule has 3 aromatic rings. The van der Waals surface area contributed by atoms with Gasteiger partial charge < -0.3 is 0 Å². The van der Waals surface area contributed by atoms with E-state index in [1.54, 1.807) is 28.0 Å². The van der Waals surface area contributed by atoms with Gasteiger partial charge in [0.25, 0.3) is 5.92 Å². The summed E-state index contributed by atoms with van der Waals surface area (Å²) >= 11 is 0. The Kier molecular flexibility index (Phi) is 3.71. The van der Waals surface area contributed by atoms with Crippen LogP contribution < -0.4 is 0 Å². The highest BCUT2D eigenvalue weighted by molar-refractivity contribution is 5.63. The SMILES string of the molecule is Cn1cc(Cn2cc(-c3ccc(F)c(C(C)(F)F)c3)cn2)cn1. The van der Waals surface area contributed by atoms with Gasteiger partial charge in [-0.25, -0.2) is 13.2 Å². The van der Waals surface area contributed by atoms with Crippen LogP contribution in [-0.4, -0.2) is 19.6 Å². The van der Waals surface area contributed by atoms with E-state index in [1.807, 2.05) is 13.2 Å². The molecule has 3 rings (SSSR count). The van der Waals surface area contributed by atoms with Crippen LogP contribution in [-0.2, 0) is 19.5 Å². The lowest BCUT2D eigenvalue weighted by Crippen LogP contribution is -2.09. The Morgan fingerprint density at radius 3 is 2.52 bits per heavy atom. The molecule has 0 bridgehead atoms. The van der Waals surface area contributed by atoms with Gasteiger partial charge in [0.2, 0.25) is 0 Å². The van der Waals surface area contributed by atoms with Crippen molar-refractivity contribution in [2.75, 3.05) is 0 Å². The van der Waals surface area contributed by atoms with Gasteiger partial charge in [-0.1, -0.05) is 6.07 Å². The summed E-state index contributed by atoms with van der Waals surface area (Å²) in [7, 11) is 1.82. The van der Waals surface area contributed by atoms with Crippen molar-refractivity contribution in [3.05, 3.63) is 59.9 Å². The summed E-state index contributed by atoms with van der Waals surface area (Å²) in [4.78, 5) is 0. The smallest absolute Gasteiger partial charge is 0.273 e. The molecule has 120 valence electrons. The first-order valence-corrected chi connectivity index (χ1v) is 7.01. The second kappa shape index (κ2) is 5.57. The highest BCUT2D eigenvalue weighted by Gasteiger charge is 2.28. The van der Waals surface area contributed by atoms with Gasteiger partial charge >= 0.3 is 0 Å². The summed E-state index contributed by atoms with van der Waals surface area (Å²) in [6, 6.07) is 3.69. The number of aromatic nitrogens is 4. The molecular weight excluding hydrogens is 305 g/mol. The molecule has 0 saturated heterocycles. The van der Waals surface area contributed by atoms with Crippen molar-refractivity contribution in [2.45, 2.75) is 19.4 Å². The standard InChI is InChI=1S/C16H15F3N4/c1-16(18,19)14-5-12(3-4-15(14)17)13-7-21-23(10-13)9-11-6-20-22(2)8-11/h3-8,10H,9H2,1-2H3. The molecule has 4 nitrogen and oxygen atoms in total. The largest absolute Gasteiger partial charge is 0.275 e. The summed E-state index contributed by atoms with van der Waals surface area (Å²) in [5.74, 6) is -4.14. The van der Waals surface area contributed by atoms with Crippen LogP contribution in [0.25, 0.3) is 11.1 Å². The minimum atomic E-state index is -3.23. The fourth-order valence-corrected chi connectivity index (χ4v) is 2.38. The van der Waals surface area contributed by atoms with E-state index in [0.29, 0.717) is 24.6 Å². The molecule has 23 heavy (non-hydrogen) atoms. The first-order valence-electron chi connectivity index (χ1n) is 7.01. The summed E-state index contributed by atoms with van der Waals surface area (Å²) < 4.78 is 43.8. The minimum absolute atomic E-state index is 0.500. The molecule has 0 saturated carbocycles. The van der Waals surface area contributed by atoms with Crippen molar-refractivity contribution in [1.29, 1.82) is 0 Å². The third-order valence-electron chi connectivity index (χ3n) is 3.51. The maximum atomic E-state index is 13.6. The summed E-state index contributed by atoms with van der Waals surface area (Å²) in [5, 5.41) is 8.29. The van der Waals surface area contributed by atoms with E-state index in [4.69, 9.17) is 0 Å². The maximum absolute atomic E-state index is 13.6. The van der Waals surface area contributed by atoms with Crippen molar-refractivity contribution in [1.82, 2.24) is 19.6 Å².